The molecule has 36 heavy (non-hydrogen) atoms. The fourth-order valence-corrected chi connectivity index (χ4v) is 3.47. The van der Waals surface area contributed by atoms with Crippen LogP contribution in [0.15, 0.2) is 12.2 Å². The lowest BCUT2D eigenvalue weighted by Crippen LogP contribution is -2.37. The Balaban J connectivity index is 0. The van der Waals surface area contributed by atoms with E-state index in [1.165, 1.54) is 57.8 Å². The smallest absolute Gasteiger partial charge is 0.457 e. The largest absolute Gasteiger partial charge is 0.469 e. The van der Waals surface area contributed by atoms with Gasteiger partial charge in [0.1, 0.15) is 19.3 Å². The zero-order chi connectivity index (χ0) is 27.7. The molecule has 0 spiro atoms. The minimum absolute atomic E-state index is 0.0772. The van der Waals surface area contributed by atoms with Crippen LogP contribution in [0, 0.1) is 0 Å². The molecule has 216 valence electrons. The van der Waals surface area contributed by atoms with Gasteiger partial charge in [0, 0.05) is 6.42 Å². The molecule has 0 saturated heterocycles. The van der Waals surface area contributed by atoms with Crippen LogP contribution in [-0.2, 0) is 18.6 Å². The highest BCUT2D eigenvalue weighted by Gasteiger charge is 2.16. The molecule has 0 radical (unpaired) electrons. The number of hydrogen-bond donors (Lipinski definition) is 4. The van der Waals surface area contributed by atoms with E-state index >= 15 is 0 Å². The number of rotatable bonds is 22. The number of likely N-dealkylation sites (N-methyl/N-ethyl adjacent to an activating group) is 1. The van der Waals surface area contributed by atoms with E-state index in [0.717, 1.165) is 25.7 Å². The first-order valence-corrected chi connectivity index (χ1v) is 15.0. The lowest BCUT2D eigenvalue weighted by Gasteiger charge is -2.23. The monoisotopic (exact) mass is 540 g/mol. The van der Waals surface area contributed by atoms with Gasteiger partial charge in [-0.2, -0.15) is 0 Å². The second-order valence-corrected chi connectivity index (χ2v) is 11.4. The van der Waals surface area contributed by atoms with Crippen molar-refractivity contribution in [3.8, 4) is 0 Å². The summed E-state index contributed by atoms with van der Waals surface area (Å²) in [4.78, 5) is 28.0. The summed E-state index contributed by atoms with van der Waals surface area (Å²) < 4.78 is 20.0. The van der Waals surface area contributed by atoms with Gasteiger partial charge in [-0.25, -0.2) is 4.57 Å². The van der Waals surface area contributed by atoms with Crippen LogP contribution in [0.2, 0.25) is 0 Å². The highest BCUT2D eigenvalue weighted by atomic mass is 31.2. The number of nitrogens with zero attached hydrogens (tertiary/aromatic N) is 1. The van der Waals surface area contributed by atoms with Crippen molar-refractivity contribution in [3.05, 3.63) is 12.2 Å². The van der Waals surface area contributed by atoms with Crippen LogP contribution in [0.5, 0.6) is 0 Å². The molecule has 0 atom stereocenters. The van der Waals surface area contributed by atoms with Gasteiger partial charge in [-0.3, -0.25) is 9.32 Å². The van der Waals surface area contributed by atoms with Crippen molar-refractivity contribution >= 4 is 13.8 Å². The van der Waals surface area contributed by atoms with Crippen molar-refractivity contribution in [2.75, 3.05) is 47.5 Å². The average molecular weight is 541 g/mol. The molecule has 0 aromatic heterocycles. The van der Waals surface area contributed by atoms with Gasteiger partial charge < -0.3 is 29.2 Å². The number of hydrogen-bond acceptors (Lipinski definition) is 6. The normalized spacial score (nSPS) is 12.1. The lowest BCUT2D eigenvalue weighted by molar-refractivity contribution is -0.870. The summed E-state index contributed by atoms with van der Waals surface area (Å²) >= 11 is 0. The molecule has 0 aromatic carbocycles. The number of aliphatic hydroxyl groups excluding tert-OH is 2. The number of carbonyl (C=O) groups excluding carboxylic acids is 1. The van der Waals surface area contributed by atoms with Crippen molar-refractivity contribution in [1.82, 2.24) is 0 Å². The van der Waals surface area contributed by atoms with E-state index in [1.807, 2.05) is 21.1 Å². The van der Waals surface area contributed by atoms with Crippen molar-refractivity contribution in [2.24, 2.45) is 0 Å². The van der Waals surface area contributed by atoms with Gasteiger partial charge in [-0.1, -0.05) is 70.4 Å². The van der Waals surface area contributed by atoms with E-state index in [4.69, 9.17) is 24.7 Å². The van der Waals surface area contributed by atoms with Crippen LogP contribution in [-0.4, -0.2) is 84.1 Å². The molecular formula is C26H55NO8P+. The van der Waals surface area contributed by atoms with Crippen molar-refractivity contribution in [3.63, 3.8) is 0 Å². The number of quaternary nitrogens is 1. The highest BCUT2D eigenvalue weighted by molar-refractivity contribution is 7.46. The predicted octanol–water partition coefficient (Wildman–Crippen LogP) is 4.72. The number of phosphoric acid groups is 1. The van der Waals surface area contributed by atoms with Gasteiger partial charge >= 0.3 is 13.8 Å². The summed E-state index contributed by atoms with van der Waals surface area (Å²) in [7, 11) is 1.50. The highest BCUT2D eigenvalue weighted by Crippen LogP contribution is 2.35. The van der Waals surface area contributed by atoms with E-state index in [-0.39, 0.29) is 25.8 Å². The maximum Gasteiger partial charge on any atom is 0.469 e. The Bertz CT molecular complexity index is 571. The van der Waals surface area contributed by atoms with E-state index in [0.29, 0.717) is 17.4 Å². The molecule has 0 aromatic rings. The van der Waals surface area contributed by atoms with Crippen molar-refractivity contribution in [2.45, 2.75) is 103 Å². The molecule has 0 bridgehead atoms. The lowest BCUT2D eigenvalue weighted by atomic mass is 10.1. The van der Waals surface area contributed by atoms with E-state index in [9.17, 15) is 9.36 Å². The van der Waals surface area contributed by atoms with Gasteiger partial charge in [-0.15, -0.1) is 0 Å². The van der Waals surface area contributed by atoms with Crippen LogP contribution < -0.4 is 0 Å². The summed E-state index contributed by atoms with van der Waals surface area (Å²) in [5, 5.41) is 17.7. The SMILES string of the molecule is CCCCCCCC/C=C\CCCCCCCC(=O)OC(CO)CO.C[N+](C)(C)CCOP(=O)(O)O. The standard InChI is InChI=1S/C21H40O4.C5H14NO4P/c1-2-3-4-5-6-7-8-9-10-11-12-13-14-15-16-17-21(24)25-20(18-22)19-23;1-6(2,3)4-5-10-11(7,8)9/h9-10,20,22-23H,2-8,11-19H2,1H3;4-5H2,1-3H3,(H-,7,8,9)/p+1/b10-9-;. The third-order valence-electron chi connectivity index (χ3n) is 5.37. The third-order valence-corrected chi connectivity index (χ3v) is 5.89. The number of unbranched alkanes of at least 4 members (excludes halogenated alkanes) is 11. The van der Waals surface area contributed by atoms with E-state index < -0.39 is 13.9 Å². The summed E-state index contributed by atoms with van der Waals surface area (Å²) in [6.45, 7) is 2.26. The second kappa shape index (κ2) is 24.5. The Labute approximate surface area is 219 Å². The Morgan fingerprint density at radius 1 is 0.833 bits per heavy atom. The number of esters is 1. The fraction of sp³-hybridized carbons (Fsp3) is 0.885. The predicted molar refractivity (Wildman–Crippen MR) is 144 cm³/mol. The van der Waals surface area contributed by atoms with Crippen molar-refractivity contribution < 1.29 is 43.1 Å². The minimum Gasteiger partial charge on any atom is -0.457 e. The zero-order valence-corrected chi connectivity index (χ0v) is 24.2. The van der Waals surface area contributed by atoms with Crippen LogP contribution in [0.3, 0.4) is 0 Å². The molecule has 0 heterocycles. The number of carbonyl (C=O) groups is 1. The first-order chi connectivity index (χ1) is 16.9. The number of phosphoric ester groups is 1. The summed E-state index contributed by atoms with van der Waals surface area (Å²) in [6, 6.07) is 0. The quantitative estimate of drug-likeness (QED) is 0.0510. The van der Waals surface area contributed by atoms with Gasteiger partial charge in [0.25, 0.3) is 0 Å². The zero-order valence-electron chi connectivity index (χ0n) is 23.3. The Hall–Kier alpha value is -0.800. The molecule has 0 aliphatic heterocycles. The maximum absolute atomic E-state index is 11.5. The number of allylic oxidation sites excluding steroid dienone is 2. The summed E-state index contributed by atoms with van der Waals surface area (Å²) in [6.07, 6.45) is 20.2. The molecule has 0 rings (SSSR count). The van der Waals surface area contributed by atoms with E-state index in [2.05, 4.69) is 23.6 Å². The third kappa shape index (κ3) is 33.2. The topological polar surface area (TPSA) is 134 Å². The molecule has 0 saturated carbocycles. The first kappa shape index (κ1) is 37.4. The minimum atomic E-state index is -4.26. The maximum atomic E-state index is 11.5. The molecule has 4 N–H and O–H groups in total. The van der Waals surface area contributed by atoms with Crippen LogP contribution in [0.1, 0.15) is 96.8 Å². The molecule has 0 aliphatic carbocycles. The Morgan fingerprint density at radius 2 is 1.31 bits per heavy atom. The molecule has 0 unspecified atom stereocenters. The van der Waals surface area contributed by atoms with Crippen molar-refractivity contribution in [1.29, 1.82) is 0 Å². The van der Waals surface area contributed by atoms with Gasteiger partial charge in [0.05, 0.1) is 34.4 Å². The van der Waals surface area contributed by atoms with Gasteiger partial charge in [0.2, 0.25) is 0 Å². The molecule has 10 heteroatoms. The summed E-state index contributed by atoms with van der Waals surface area (Å²) in [5.74, 6) is -0.328. The van der Waals surface area contributed by atoms with Crippen LogP contribution >= 0.6 is 7.82 Å². The number of aliphatic hydroxyl groups is 2. The average Bonchev–Trinajstić information content (AvgIpc) is 2.78. The molecule has 0 amide bonds. The molecule has 9 nitrogen and oxygen atoms in total. The van der Waals surface area contributed by atoms with Crippen LogP contribution in [0.25, 0.3) is 0 Å². The van der Waals surface area contributed by atoms with Crippen LogP contribution in [0.4, 0.5) is 0 Å². The Morgan fingerprint density at radius 3 is 1.75 bits per heavy atom. The number of ether oxygens (including phenoxy) is 1. The first-order valence-electron chi connectivity index (χ1n) is 13.5. The van der Waals surface area contributed by atoms with E-state index in [1.54, 1.807) is 0 Å². The fourth-order valence-electron chi connectivity index (χ4n) is 3.15. The summed E-state index contributed by atoms with van der Waals surface area (Å²) in [5.41, 5.74) is 0. The molecule has 0 fully saturated rings. The Kier molecular flexibility index (Phi) is 25.5. The van der Waals surface area contributed by atoms with Gasteiger partial charge in [-0.05, 0) is 32.1 Å². The van der Waals surface area contributed by atoms with Gasteiger partial charge in [0.15, 0.2) is 0 Å². The second-order valence-electron chi connectivity index (χ2n) is 10.1. The molecule has 0 aliphatic rings. The molecular weight excluding hydrogens is 485 g/mol.